The van der Waals surface area contributed by atoms with Gasteiger partial charge in [-0.15, -0.1) is 0 Å². The molecule has 0 aliphatic rings. The van der Waals surface area contributed by atoms with Crippen molar-refractivity contribution in [3.63, 3.8) is 0 Å². The molecule has 1 aromatic rings. The molecule has 0 saturated carbocycles. The van der Waals surface area contributed by atoms with Crippen LogP contribution >= 0.6 is 0 Å². The van der Waals surface area contributed by atoms with Crippen LogP contribution in [-0.4, -0.2) is 57.9 Å². The Hall–Kier alpha value is -3.96. The second-order valence-corrected chi connectivity index (χ2v) is 5.65. The van der Waals surface area contributed by atoms with Crippen LogP contribution in [0.4, 0.5) is 0 Å². The molecular weight excluding hydrogens is 376 g/mol. The molecule has 0 aliphatic heterocycles. The van der Waals surface area contributed by atoms with Crippen molar-refractivity contribution in [3.05, 3.63) is 35.4 Å². The van der Waals surface area contributed by atoms with Crippen LogP contribution < -0.4 is 22.1 Å². The summed E-state index contributed by atoms with van der Waals surface area (Å²) in [6.45, 7) is 0. The number of aliphatic carboxylic acids is 2. The lowest BCUT2D eigenvalue weighted by atomic mass is 10.1. The van der Waals surface area contributed by atoms with Gasteiger partial charge >= 0.3 is 11.9 Å². The molecule has 2 atom stereocenters. The fraction of sp³-hybridized carbons (Fsp3) is 0.250. The number of carbonyl (C=O) groups is 6. The lowest BCUT2D eigenvalue weighted by molar-refractivity contribution is -0.141. The maximum Gasteiger partial charge on any atom is 0.326 e. The van der Waals surface area contributed by atoms with Crippen molar-refractivity contribution >= 4 is 35.6 Å². The zero-order valence-electron chi connectivity index (χ0n) is 14.4. The van der Waals surface area contributed by atoms with E-state index in [1.54, 1.807) is 0 Å². The van der Waals surface area contributed by atoms with Gasteiger partial charge in [0.1, 0.15) is 12.1 Å². The Kier molecular flexibility index (Phi) is 7.62. The summed E-state index contributed by atoms with van der Waals surface area (Å²) in [6.07, 6.45) is -1.26. The summed E-state index contributed by atoms with van der Waals surface area (Å²) in [5, 5.41) is 22.2. The molecule has 150 valence electrons. The van der Waals surface area contributed by atoms with E-state index < -0.39 is 60.5 Å². The zero-order valence-corrected chi connectivity index (χ0v) is 14.4. The Morgan fingerprint density at radius 1 is 0.786 bits per heavy atom. The van der Waals surface area contributed by atoms with Crippen molar-refractivity contribution in [2.75, 3.05) is 0 Å². The number of carbonyl (C=O) groups excluding carboxylic acids is 4. The third kappa shape index (κ3) is 6.74. The summed E-state index contributed by atoms with van der Waals surface area (Å²) in [5.74, 6) is -6.61. The number of nitrogens with one attached hydrogen (secondary N) is 2. The van der Waals surface area contributed by atoms with Gasteiger partial charge in [-0.25, -0.2) is 9.59 Å². The minimum absolute atomic E-state index is 0.120. The van der Waals surface area contributed by atoms with E-state index in [1.807, 2.05) is 0 Å². The molecule has 0 unspecified atom stereocenters. The van der Waals surface area contributed by atoms with Crippen LogP contribution in [0.15, 0.2) is 24.3 Å². The summed E-state index contributed by atoms with van der Waals surface area (Å²) in [5.41, 5.74) is 9.61. The first kappa shape index (κ1) is 22.1. The minimum Gasteiger partial charge on any atom is -0.480 e. The molecule has 0 aromatic heterocycles. The van der Waals surface area contributed by atoms with E-state index in [1.165, 1.54) is 18.2 Å². The first-order valence-electron chi connectivity index (χ1n) is 7.75. The summed E-state index contributed by atoms with van der Waals surface area (Å²) in [4.78, 5) is 68.3. The van der Waals surface area contributed by atoms with Crippen LogP contribution in [-0.2, 0) is 19.2 Å². The third-order valence-electron chi connectivity index (χ3n) is 3.40. The van der Waals surface area contributed by atoms with Crippen molar-refractivity contribution in [2.24, 2.45) is 11.5 Å². The van der Waals surface area contributed by atoms with E-state index in [2.05, 4.69) is 10.6 Å². The largest absolute Gasteiger partial charge is 0.480 e. The van der Waals surface area contributed by atoms with Crippen LogP contribution in [0.2, 0.25) is 0 Å². The molecule has 8 N–H and O–H groups in total. The number of carboxylic acid groups (broad SMARTS) is 2. The fourth-order valence-corrected chi connectivity index (χ4v) is 2.09. The fourth-order valence-electron chi connectivity index (χ4n) is 2.09. The van der Waals surface area contributed by atoms with Crippen molar-refractivity contribution in [3.8, 4) is 0 Å². The summed E-state index contributed by atoms with van der Waals surface area (Å²) >= 11 is 0. The molecule has 0 fully saturated rings. The van der Waals surface area contributed by atoms with Gasteiger partial charge in [0.15, 0.2) is 0 Å². The van der Waals surface area contributed by atoms with Gasteiger partial charge in [0, 0.05) is 11.1 Å². The van der Waals surface area contributed by atoms with Crippen LogP contribution in [0.5, 0.6) is 0 Å². The van der Waals surface area contributed by atoms with E-state index in [4.69, 9.17) is 21.7 Å². The van der Waals surface area contributed by atoms with Gasteiger partial charge in [0.2, 0.25) is 11.8 Å². The van der Waals surface area contributed by atoms with Crippen molar-refractivity contribution in [2.45, 2.75) is 24.9 Å². The number of benzene rings is 1. The topological polar surface area (TPSA) is 219 Å². The Labute approximate surface area is 157 Å². The Bertz CT molecular complexity index is 759. The highest BCUT2D eigenvalue weighted by Crippen LogP contribution is 2.08. The molecule has 1 aromatic carbocycles. The van der Waals surface area contributed by atoms with Gasteiger partial charge in [-0.3, -0.25) is 19.2 Å². The standard InChI is InChI=1S/C16H18N4O8/c17-11(21)5-9(15(25)26)19-13(23)7-2-1-3-8(4-7)14(24)20-10(16(27)28)6-12(18)22/h1-4,9-10H,5-6H2,(H2,17,21)(H2,18,22)(H,19,23)(H,20,24)(H,25,26)(H,27,28)/t9-,10-/m1/s1. The molecule has 0 heterocycles. The van der Waals surface area contributed by atoms with Crippen molar-refractivity contribution in [1.29, 1.82) is 0 Å². The number of nitrogens with two attached hydrogens (primary N) is 2. The SMILES string of the molecule is NC(=O)C[C@@H](NC(=O)c1cccc(C(=O)N[C@H](CC(N)=O)C(=O)O)c1)C(=O)O. The van der Waals surface area contributed by atoms with Gasteiger partial charge in [-0.2, -0.15) is 0 Å². The number of amides is 4. The Morgan fingerprint density at radius 2 is 1.14 bits per heavy atom. The van der Waals surface area contributed by atoms with Gasteiger partial charge in [-0.05, 0) is 18.2 Å². The molecule has 0 bridgehead atoms. The lowest BCUT2D eigenvalue weighted by Gasteiger charge is -2.14. The van der Waals surface area contributed by atoms with E-state index in [0.717, 1.165) is 6.07 Å². The summed E-state index contributed by atoms with van der Waals surface area (Å²) in [6, 6.07) is 1.80. The maximum absolute atomic E-state index is 12.2. The molecule has 1 rings (SSSR count). The van der Waals surface area contributed by atoms with Gasteiger partial charge in [0.05, 0.1) is 12.8 Å². The number of hydrogen-bond acceptors (Lipinski definition) is 6. The maximum atomic E-state index is 12.2. The third-order valence-corrected chi connectivity index (χ3v) is 3.40. The molecule has 0 aliphatic carbocycles. The average Bonchev–Trinajstić information content (AvgIpc) is 2.59. The van der Waals surface area contributed by atoms with E-state index >= 15 is 0 Å². The highest BCUT2D eigenvalue weighted by atomic mass is 16.4. The predicted molar refractivity (Wildman–Crippen MR) is 91.8 cm³/mol. The van der Waals surface area contributed by atoms with Gasteiger partial charge in [-0.1, -0.05) is 6.07 Å². The van der Waals surface area contributed by atoms with Gasteiger partial charge in [0.25, 0.3) is 11.8 Å². The second kappa shape index (κ2) is 9.66. The van der Waals surface area contributed by atoms with E-state index in [9.17, 15) is 28.8 Å². The first-order chi connectivity index (χ1) is 13.0. The molecule has 0 spiro atoms. The van der Waals surface area contributed by atoms with E-state index in [0.29, 0.717) is 0 Å². The predicted octanol–water partition coefficient (Wildman–Crippen LogP) is -2.20. The molecule has 4 amide bonds. The molecule has 0 radical (unpaired) electrons. The van der Waals surface area contributed by atoms with Crippen LogP contribution in [0, 0.1) is 0 Å². The van der Waals surface area contributed by atoms with Crippen molar-refractivity contribution < 1.29 is 39.0 Å². The number of hydrogen-bond donors (Lipinski definition) is 6. The average molecular weight is 394 g/mol. The highest BCUT2D eigenvalue weighted by molar-refractivity contribution is 6.02. The van der Waals surface area contributed by atoms with E-state index in [-0.39, 0.29) is 11.1 Å². The molecule has 0 saturated heterocycles. The number of primary amides is 2. The molecule has 12 heteroatoms. The molecule has 28 heavy (non-hydrogen) atoms. The van der Waals surface area contributed by atoms with Gasteiger partial charge < -0.3 is 32.3 Å². The number of carboxylic acids is 2. The number of rotatable bonds is 10. The molecule has 12 nitrogen and oxygen atoms in total. The monoisotopic (exact) mass is 394 g/mol. The lowest BCUT2D eigenvalue weighted by Crippen LogP contribution is -2.44. The summed E-state index contributed by atoms with van der Waals surface area (Å²) in [7, 11) is 0. The highest BCUT2D eigenvalue weighted by Gasteiger charge is 2.25. The zero-order chi connectivity index (χ0) is 21.4. The smallest absolute Gasteiger partial charge is 0.326 e. The first-order valence-corrected chi connectivity index (χ1v) is 7.75. The quantitative estimate of drug-likeness (QED) is 0.255. The molecular formula is C16H18N4O8. The van der Waals surface area contributed by atoms with Crippen LogP contribution in [0.25, 0.3) is 0 Å². The minimum atomic E-state index is -1.56. The van der Waals surface area contributed by atoms with Crippen LogP contribution in [0.1, 0.15) is 33.6 Å². The normalized spacial score (nSPS) is 12.3. The van der Waals surface area contributed by atoms with Crippen molar-refractivity contribution in [1.82, 2.24) is 10.6 Å². The second-order valence-electron chi connectivity index (χ2n) is 5.65. The summed E-state index contributed by atoms with van der Waals surface area (Å²) < 4.78 is 0. The Morgan fingerprint density at radius 3 is 1.43 bits per heavy atom. The Balaban J connectivity index is 2.95. The van der Waals surface area contributed by atoms with Crippen LogP contribution in [0.3, 0.4) is 0 Å².